The molecule has 0 spiro atoms. The maximum absolute atomic E-state index is 9.55. The van der Waals surface area contributed by atoms with E-state index in [-0.39, 0.29) is 0 Å². The second kappa shape index (κ2) is 7.45. The number of hydrogen-bond donors (Lipinski definition) is 3. The summed E-state index contributed by atoms with van der Waals surface area (Å²) in [5, 5.41) is 16.9. The first kappa shape index (κ1) is 17.3. The Morgan fingerprint density at radius 3 is 2.50 bits per heavy atom. The largest absolute Gasteiger partial charge is 0.497 e. The van der Waals surface area contributed by atoms with Crippen LogP contribution < -0.4 is 4.74 Å². The lowest BCUT2D eigenvalue weighted by Crippen LogP contribution is -2.08. The quantitative estimate of drug-likeness (QED) is 0.747. The SMILES string of the molecule is COc1ccc2c3c([nH]c2c1)C(C)=NCC3.O=C(O)/C=C/C(=O)O. The standard InChI is InChI=1S/C13H14N2O.C4H4O4/c1-8-13-11(5-6-14-8)10-4-3-9(16-2)7-12(10)15-13;5-3(6)1-2-4(7)8/h3-4,7,15H,5-6H2,1-2H3;1-2H,(H,5,6)(H,7,8)/b;2-1+. The molecule has 24 heavy (non-hydrogen) atoms. The molecule has 1 aromatic carbocycles. The molecule has 0 unspecified atom stereocenters. The highest BCUT2D eigenvalue weighted by Gasteiger charge is 2.16. The van der Waals surface area contributed by atoms with E-state index >= 15 is 0 Å². The van der Waals surface area contributed by atoms with Gasteiger partial charge in [0.25, 0.3) is 0 Å². The summed E-state index contributed by atoms with van der Waals surface area (Å²) in [5.74, 6) is -1.62. The molecule has 126 valence electrons. The van der Waals surface area contributed by atoms with Gasteiger partial charge in [0.05, 0.1) is 18.5 Å². The average molecular weight is 330 g/mol. The number of aromatic nitrogens is 1. The molecule has 2 heterocycles. The summed E-state index contributed by atoms with van der Waals surface area (Å²) in [6.07, 6.45) is 2.14. The molecule has 1 aliphatic heterocycles. The fraction of sp³-hybridized carbons (Fsp3) is 0.235. The summed E-state index contributed by atoms with van der Waals surface area (Å²) >= 11 is 0. The Morgan fingerprint density at radius 2 is 1.92 bits per heavy atom. The molecule has 0 saturated carbocycles. The molecule has 0 radical (unpaired) electrons. The van der Waals surface area contributed by atoms with Gasteiger partial charge in [0, 0.05) is 35.7 Å². The smallest absolute Gasteiger partial charge is 0.328 e. The minimum Gasteiger partial charge on any atom is -0.497 e. The molecule has 0 bridgehead atoms. The van der Waals surface area contributed by atoms with Crippen molar-refractivity contribution in [2.24, 2.45) is 4.99 Å². The lowest BCUT2D eigenvalue weighted by atomic mass is 10.0. The Labute approximate surface area is 138 Å². The highest BCUT2D eigenvalue weighted by Crippen LogP contribution is 2.28. The van der Waals surface area contributed by atoms with Gasteiger partial charge in [-0.1, -0.05) is 0 Å². The number of carboxylic acid groups (broad SMARTS) is 2. The fourth-order valence-corrected chi connectivity index (χ4v) is 2.49. The third-order valence-corrected chi connectivity index (χ3v) is 3.55. The van der Waals surface area contributed by atoms with Gasteiger partial charge in [-0.05, 0) is 31.0 Å². The van der Waals surface area contributed by atoms with Crippen LogP contribution in [0.1, 0.15) is 18.2 Å². The van der Waals surface area contributed by atoms with Crippen molar-refractivity contribution in [1.82, 2.24) is 4.98 Å². The number of rotatable bonds is 3. The summed E-state index contributed by atoms with van der Waals surface area (Å²) in [6, 6.07) is 6.18. The number of carbonyl (C=O) groups is 2. The topological polar surface area (TPSA) is 112 Å². The van der Waals surface area contributed by atoms with Gasteiger partial charge in [0.1, 0.15) is 5.75 Å². The Kier molecular flexibility index (Phi) is 5.36. The molecule has 7 heteroatoms. The van der Waals surface area contributed by atoms with Crippen LogP contribution in [0.15, 0.2) is 35.3 Å². The normalized spacial score (nSPS) is 13.0. The molecule has 0 fully saturated rings. The van der Waals surface area contributed by atoms with E-state index in [0.717, 1.165) is 29.9 Å². The third kappa shape index (κ3) is 4.01. The predicted molar refractivity (Wildman–Crippen MR) is 90.0 cm³/mol. The number of aliphatic imine (C=N–C) groups is 1. The van der Waals surface area contributed by atoms with Gasteiger partial charge in [-0.25, -0.2) is 9.59 Å². The Morgan fingerprint density at radius 1 is 1.25 bits per heavy atom. The van der Waals surface area contributed by atoms with Gasteiger partial charge in [-0.3, -0.25) is 4.99 Å². The van der Waals surface area contributed by atoms with Crippen LogP contribution in [0.5, 0.6) is 5.75 Å². The number of methoxy groups -OCH3 is 1. The first-order valence-electron chi connectivity index (χ1n) is 7.26. The Bertz CT molecular complexity index is 817. The zero-order chi connectivity index (χ0) is 17.7. The van der Waals surface area contributed by atoms with Crippen LogP contribution in [0.3, 0.4) is 0 Å². The third-order valence-electron chi connectivity index (χ3n) is 3.55. The number of hydrogen-bond acceptors (Lipinski definition) is 4. The van der Waals surface area contributed by atoms with Crippen molar-refractivity contribution >= 4 is 28.6 Å². The lowest BCUT2D eigenvalue weighted by molar-refractivity contribution is -0.134. The van der Waals surface area contributed by atoms with Crippen LogP contribution in [0.2, 0.25) is 0 Å². The first-order chi connectivity index (χ1) is 11.4. The maximum atomic E-state index is 9.55. The van der Waals surface area contributed by atoms with Crippen molar-refractivity contribution < 1.29 is 24.5 Å². The number of ether oxygens (including phenoxy) is 1. The second-order valence-corrected chi connectivity index (χ2v) is 5.12. The summed E-state index contributed by atoms with van der Waals surface area (Å²) in [5.41, 5.74) is 4.83. The summed E-state index contributed by atoms with van der Waals surface area (Å²) in [6.45, 7) is 2.96. The van der Waals surface area contributed by atoms with E-state index < -0.39 is 11.9 Å². The predicted octanol–water partition coefficient (Wildman–Crippen LogP) is 2.25. The van der Waals surface area contributed by atoms with E-state index in [1.807, 2.05) is 12.1 Å². The number of H-pyrrole nitrogens is 1. The highest BCUT2D eigenvalue weighted by atomic mass is 16.5. The van der Waals surface area contributed by atoms with Crippen molar-refractivity contribution in [2.75, 3.05) is 13.7 Å². The van der Waals surface area contributed by atoms with E-state index in [1.165, 1.54) is 16.6 Å². The van der Waals surface area contributed by atoms with Gasteiger partial charge >= 0.3 is 11.9 Å². The van der Waals surface area contributed by atoms with Crippen LogP contribution >= 0.6 is 0 Å². The minimum absolute atomic E-state index is 0.558. The molecular weight excluding hydrogens is 312 g/mol. The van der Waals surface area contributed by atoms with E-state index in [4.69, 9.17) is 14.9 Å². The number of benzene rings is 1. The second-order valence-electron chi connectivity index (χ2n) is 5.12. The van der Waals surface area contributed by atoms with Gasteiger partial charge in [0.2, 0.25) is 0 Å². The van der Waals surface area contributed by atoms with Crippen molar-refractivity contribution in [3.05, 3.63) is 41.6 Å². The van der Waals surface area contributed by atoms with E-state index in [0.29, 0.717) is 12.2 Å². The molecule has 2 aromatic rings. The molecule has 1 aliphatic rings. The molecule has 0 saturated heterocycles. The van der Waals surface area contributed by atoms with E-state index in [9.17, 15) is 9.59 Å². The number of aromatic amines is 1. The van der Waals surface area contributed by atoms with Crippen molar-refractivity contribution in [3.63, 3.8) is 0 Å². The van der Waals surface area contributed by atoms with Gasteiger partial charge < -0.3 is 19.9 Å². The van der Waals surface area contributed by atoms with Crippen LogP contribution in [-0.4, -0.2) is 46.5 Å². The van der Waals surface area contributed by atoms with Crippen molar-refractivity contribution in [1.29, 1.82) is 0 Å². The molecule has 0 atom stereocenters. The summed E-state index contributed by atoms with van der Waals surface area (Å²) < 4.78 is 5.23. The average Bonchev–Trinajstić information content (AvgIpc) is 2.93. The van der Waals surface area contributed by atoms with Crippen LogP contribution in [0.4, 0.5) is 0 Å². The number of aliphatic carboxylic acids is 2. The number of nitrogens with one attached hydrogen (secondary N) is 1. The van der Waals surface area contributed by atoms with E-state index in [1.54, 1.807) is 7.11 Å². The zero-order valence-corrected chi connectivity index (χ0v) is 13.4. The number of nitrogens with zero attached hydrogens (tertiary/aromatic N) is 1. The molecular formula is C17H18N2O5. The number of carboxylic acids is 2. The van der Waals surface area contributed by atoms with Crippen LogP contribution in [0, 0.1) is 0 Å². The minimum atomic E-state index is -1.26. The molecule has 7 nitrogen and oxygen atoms in total. The molecule has 3 N–H and O–H groups in total. The van der Waals surface area contributed by atoms with Gasteiger partial charge in [-0.15, -0.1) is 0 Å². The summed E-state index contributed by atoms with van der Waals surface area (Å²) in [7, 11) is 1.69. The number of fused-ring (bicyclic) bond motifs is 3. The van der Waals surface area contributed by atoms with E-state index in [2.05, 4.69) is 23.0 Å². The van der Waals surface area contributed by atoms with Crippen LogP contribution in [-0.2, 0) is 16.0 Å². The maximum Gasteiger partial charge on any atom is 0.328 e. The zero-order valence-electron chi connectivity index (χ0n) is 13.4. The molecule has 0 amide bonds. The fourth-order valence-electron chi connectivity index (χ4n) is 2.49. The van der Waals surface area contributed by atoms with Crippen molar-refractivity contribution in [2.45, 2.75) is 13.3 Å². The van der Waals surface area contributed by atoms with Crippen LogP contribution in [0.25, 0.3) is 10.9 Å². The summed E-state index contributed by atoms with van der Waals surface area (Å²) in [4.78, 5) is 27.0. The monoisotopic (exact) mass is 330 g/mol. The molecule has 0 aliphatic carbocycles. The first-order valence-corrected chi connectivity index (χ1v) is 7.26. The highest BCUT2D eigenvalue weighted by molar-refractivity contribution is 6.05. The molecule has 1 aromatic heterocycles. The molecule has 3 rings (SSSR count). The Balaban J connectivity index is 0.000000224. The Hall–Kier alpha value is -3.09. The van der Waals surface area contributed by atoms with Crippen molar-refractivity contribution in [3.8, 4) is 5.75 Å². The van der Waals surface area contributed by atoms with Gasteiger partial charge in [-0.2, -0.15) is 0 Å². The lowest BCUT2D eigenvalue weighted by Gasteiger charge is -2.09. The van der Waals surface area contributed by atoms with Gasteiger partial charge in [0.15, 0.2) is 0 Å².